The predicted molar refractivity (Wildman–Crippen MR) is 120 cm³/mol. The number of hydrogen-bond donors (Lipinski definition) is 1. The topological polar surface area (TPSA) is 86.3 Å². The Morgan fingerprint density at radius 3 is 2.47 bits per heavy atom. The number of carboxylic acids is 1. The third-order valence-electron chi connectivity index (χ3n) is 6.11. The maximum atomic E-state index is 13.6. The lowest BCUT2D eigenvalue weighted by atomic mass is 9.85. The Morgan fingerprint density at radius 1 is 0.969 bits per heavy atom. The molecule has 1 aliphatic carbocycles. The Labute approximate surface area is 184 Å². The van der Waals surface area contributed by atoms with E-state index in [1.54, 1.807) is 21.5 Å². The van der Waals surface area contributed by atoms with Crippen LogP contribution in [0, 0.1) is 5.92 Å². The van der Waals surface area contributed by atoms with E-state index in [0.29, 0.717) is 29.8 Å². The molecule has 2 aromatic heterocycles. The van der Waals surface area contributed by atoms with Crippen molar-refractivity contribution >= 4 is 17.0 Å². The second-order valence-electron chi connectivity index (χ2n) is 8.12. The van der Waals surface area contributed by atoms with Crippen molar-refractivity contribution in [2.24, 2.45) is 5.92 Å². The van der Waals surface area contributed by atoms with Gasteiger partial charge in [0.25, 0.3) is 0 Å². The zero-order chi connectivity index (χ0) is 22.1. The van der Waals surface area contributed by atoms with Crippen LogP contribution < -0.4 is 10.4 Å². The first-order valence-electron chi connectivity index (χ1n) is 10.7. The molecule has 1 N–H and O–H groups in total. The summed E-state index contributed by atoms with van der Waals surface area (Å²) in [5, 5.41) is 9.49. The number of carboxylic acid groups (broad SMARTS) is 1. The fourth-order valence-corrected chi connectivity index (χ4v) is 4.58. The maximum absolute atomic E-state index is 13.6. The number of hydrogen-bond acceptors (Lipinski definition) is 4. The van der Waals surface area contributed by atoms with Crippen LogP contribution in [0.4, 0.5) is 0 Å². The molecule has 32 heavy (non-hydrogen) atoms. The highest BCUT2D eigenvalue weighted by atomic mass is 16.5. The molecule has 1 aliphatic rings. The van der Waals surface area contributed by atoms with E-state index in [9.17, 15) is 14.7 Å². The molecule has 0 bridgehead atoms. The Hall–Kier alpha value is -3.87. The summed E-state index contributed by atoms with van der Waals surface area (Å²) in [7, 11) is 0. The molecule has 7 heteroatoms. The van der Waals surface area contributed by atoms with E-state index in [2.05, 4.69) is 4.98 Å². The number of nitrogens with zero attached hydrogens (tertiary/aromatic N) is 3. The highest BCUT2D eigenvalue weighted by Crippen LogP contribution is 2.34. The molecule has 0 saturated heterocycles. The number of aromatic nitrogens is 3. The molecule has 0 amide bonds. The second kappa shape index (κ2) is 8.34. The first-order valence-corrected chi connectivity index (χ1v) is 10.7. The molecule has 1 fully saturated rings. The van der Waals surface area contributed by atoms with E-state index in [0.717, 1.165) is 24.1 Å². The predicted octanol–water partition coefficient (Wildman–Crippen LogP) is 4.80. The lowest BCUT2D eigenvalue weighted by molar-refractivity contribution is -0.143. The molecule has 4 aromatic rings. The van der Waals surface area contributed by atoms with Gasteiger partial charge in [-0.25, -0.2) is 4.79 Å². The molecule has 0 spiro atoms. The molecule has 162 valence electrons. The smallest absolute Gasteiger partial charge is 0.334 e. The van der Waals surface area contributed by atoms with Gasteiger partial charge in [-0.3, -0.25) is 18.9 Å². The quantitative estimate of drug-likeness (QED) is 0.493. The molecule has 7 nitrogen and oxygen atoms in total. The van der Waals surface area contributed by atoms with Gasteiger partial charge in [0.15, 0.2) is 0 Å². The largest absolute Gasteiger partial charge is 0.481 e. The molecule has 2 atom stereocenters. The van der Waals surface area contributed by atoms with Crippen molar-refractivity contribution in [1.29, 1.82) is 0 Å². The summed E-state index contributed by atoms with van der Waals surface area (Å²) in [6.45, 7) is 0. The number of fused-ring (bicyclic) bond motifs is 1. The summed E-state index contributed by atoms with van der Waals surface area (Å²) >= 11 is 0. The number of ether oxygens (including phenoxy) is 1. The van der Waals surface area contributed by atoms with Crippen LogP contribution in [0.5, 0.6) is 11.5 Å². The van der Waals surface area contributed by atoms with Crippen LogP contribution in [-0.2, 0) is 4.79 Å². The van der Waals surface area contributed by atoms with E-state index >= 15 is 0 Å². The molecule has 5 rings (SSSR count). The minimum absolute atomic E-state index is 0.149. The summed E-state index contributed by atoms with van der Waals surface area (Å²) in [6.07, 6.45) is 6.03. The Kier molecular flexibility index (Phi) is 5.23. The molecular formula is C25H23N3O4. The number of pyridine rings is 1. The second-order valence-corrected chi connectivity index (χ2v) is 8.12. The minimum atomic E-state index is -0.790. The third-order valence-corrected chi connectivity index (χ3v) is 6.11. The first-order chi connectivity index (χ1) is 15.6. The molecule has 2 heterocycles. The number of para-hydroxylation sites is 1. The lowest BCUT2D eigenvalue weighted by Crippen LogP contribution is -2.31. The Morgan fingerprint density at radius 2 is 1.72 bits per heavy atom. The first kappa shape index (κ1) is 20.1. The number of aliphatic carboxylic acids is 1. The van der Waals surface area contributed by atoms with Gasteiger partial charge in [-0.2, -0.15) is 0 Å². The van der Waals surface area contributed by atoms with Gasteiger partial charge in [0.2, 0.25) is 0 Å². The van der Waals surface area contributed by atoms with Crippen molar-refractivity contribution in [2.75, 3.05) is 0 Å². The fraction of sp³-hybridized carbons (Fsp3) is 0.240. The summed E-state index contributed by atoms with van der Waals surface area (Å²) in [6, 6.07) is 18.5. The number of imidazole rings is 1. The van der Waals surface area contributed by atoms with Gasteiger partial charge >= 0.3 is 11.7 Å². The van der Waals surface area contributed by atoms with Crippen LogP contribution in [0.15, 0.2) is 77.9 Å². The van der Waals surface area contributed by atoms with Crippen molar-refractivity contribution in [2.45, 2.75) is 31.7 Å². The third kappa shape index (κ3) is 3.66. The van der Waals surface area contributed by atoms with Gasteiger partial charge < -0.3 is 9.84 Å². The molecule has 0 aliphatic heterocycles. The van der Waals surface area contributed by atoms with Gasteiger partial charge in [0, 0.05) is 12.2 Å². The van der Waals surface area contributed by atoms with Crippen LogP contribution in [-0.4, -0.2) is 25.2 Å². The monoisotopic (exact) mass is 429 g/mol. The van der Waals surface area contributed by atoms with Crippen molar-refractivity contribution in [3.63, 3.8) is 0 Å². The normalized spacial score (nSPS) is 18.5. The minimum Gasteiger partial charge on any atom is -0.481 e. The SMILES string of the molecule is O=C(O)C1CCCC(n2c(=O)n(-c3ccc(Oc4ccccc4)cc3)c3cnccc32)C1. The van der Waals surface area contributed by atoms with E-state index < -0.39 is 11.9 Å². The summed E-state index contributed by atoms with van der Waals surface area (Å²) in [5.74, 6) is 0.201. The highest BCUT2D eigenvalue weighted by molar-refractivity contribution is 5.77. The summed E-state index contributed by atoms with van der Waals surface area (Å²) < 4.78 is 9.25. The van der Waals surface area contributed by atoms with Crippen LogP contribution >= 0.6 is 0 Å². The van der Waals surface area contributed by atoms with Crippen LogP contribution in [0.3, 0.4) is 0 Å². The zero-order valence-corrected chi connectivity index (χ0v) is 17.4. The van der Waals surface area contributed by atoms with Gasteiger partial charge in [-0.15, -0.1) is 0 Å². The molecular weight excluding hydrogens is 406 g/mol. The number of benzene rings is 2. The Balaban J connectivity index is 1.53. The number of rotatable bonds is 5. The van der Waals surface area contributed by atoms with E-state index in [1.165, 1.54) is 0 Å². The van der Waals surface area contributed by atoms with Crippen molar-refractivity contribution in [1.82, 2.24) is 14.1 Å². The van der Waals surface area contributed by atoms with Crippen LogP contribution in [0.2, 0.25) is 0 Å². The average molecular weight is 429 g/mol. The maximum Gasteiger partial charge on any atom is 0.334 e. The van der Waals surface area contributed by atoms with E-state index in [-0.39, 0.29) is 11.7 Å². The van der Waals surface area contributed by atoms with Crippen molar-refractivity contribution in [3.8, 4) is 17.2 Å². The highest BCUT2D eigenvalue weighted by Gasteiger charge is 2.30. The van der Waals surface area contributed by atoms with Gasteiger partial charge in [-0.05, 0) is 61.7 Å². The molecule has 0 radical (unpaired) electrons. The fourth-order valence-electron chi connectivity index (χ4n) is 4.58. The summed E-state index contributed by atoms with van der Waals surface area (Å²) in [4.78, 5) is 29.3. The van der Waals surface area contributed by atoms with Gasteiger partial charge in [-0.1, -0.05) is 24.6 Å². The van der Waals surface area contributed by atoms with Crippen molar-refractivity contribution < 1.29 is 14.6 Å². The standard InChI is InChI=1S/C25H23N3O4/c29-24(30)17-5-4-6-19(15-17)28-22-13-14-26-16-23(22)27(25(28)31)18-9-11-21(12-10-18)32-20-7-2-1-3-8-20/h1-3,7-14,16-17,19H,4-6,15H2,(H,29,30). The Bertz CT molecular complexity index is 1310. The zero-order valence-electron chi connectivity index (χ0n) is 17.4. The molecule has 1 saturated carbocycles. The van der Waals surface area contributed by atoms with E-state index in [1.807, 2.05) is 60.7 Å². The number of carbonyl (C=O) groups is 1. The van der Waals surface area contributed by atoms with E-state index in [4.69, 9.17) is 4.74 Å². The lowest BCUT2D eigenvalue weighted by Gasteiger charge is -2.27. The average Bonchev–Trinajstić information content (AvgIpc) is 3.12. The van der Waals surface area contributed by atoms with Gasteiger partial charge in [0.1, 0.15) is 11.5 Å². The van der Waals surface area contributed by atoms with Gasteiger partial charge in [0.05, 0.1) is 28.8 Å². The van der Waals surface area contributed by atoms with Crippen molar-refractivity contribution in [3.05, 3.63) is 83.5 Å². The molecule has 2 aromatic carbocycles. The van der Waals surface area contributed by atoms with Crippen LogP contribution in [0.1, 0.15) is 31.7 Å². The molecule has 2 unspecified atom stereocenters. The summed E-state index contributed by atoms with van der Waals surface area (Å²) in [5.41, 5.74) is 2.00. The van der Waals surface area contributed by atoms with Crippen LogP contribution in [0.25, 0.3) is 16.7 Å².